The highest BCUT2D eigenvalue weighted by molar-refractivity contribution is 6.05. The molecule has 0 atom stereocenters. The second-order valence-corrected chi connectivity index (χ2v) is 10.2. The SMILES string of the molecule is Cc1ccc(CN(C)C2CC2)cc1NC(=O)c1ccc(Nc2nc(-c3ccccc3)c3ccccc3n2)cc1. The van der Waals surface area contributed by atoms with Crippen molar-refractivity contribution < 1.29 is 4.79 Å². The lowest BCUT2D eigenvalue weighted by molar-refractivity contribution is 0.102. The molecule has 1 amide bonds. The van der Waals surface area contributed by atoms with Crippen LogP contribution in [0.25, 0.3) is 22.2 Å². The van der Waals surface area contributed by atoms with Crippen LogP contribution in [-0.2, 0) is 6.54 Å². The summed E-state index contributed by atoms with van der Waals surface area (Å²) in [7, 11) is 2.16. The smallest absolute Gasteiger partial charge is 0.255 e. The van der Waals surface area contributed by atoms with Gasteiger partial charge in [0.25, 0.3) is 5.91 Å². The summed E-state index contributed by atoms with van der Waals surface area (Å²) >= 11 is 0. The maximum Gasteiger partial charge on any atom is 0.255 e. The van der Waals surface area contributed by atoms with Crippen LogP contribution in [0.1, 0.15) is 34.3 Å². The number of fused-ring (bicyclic) bond motifs is 1. The van der Waals surface area contributed by atoms with E-state index in [-0.39, 0.29) is 5.91 Å². The van der Waals surface area contributed by atoms with Crippen molar-refractivity contribution >= 4 is 34.1 Å². The van der Waals surface area contributed by atoms with Gasteiger partial charge in [-0.1, -0.05) is 60.7 Å². The molecule has 0 unspecified atom stereocenters. The third-order valence-electron chi connectivity index (χ3n) is 7.21. The van der Waals surface area contributed by atoms with Gasteiger partial charge in [0.05, 0.1) is 11.2 Å². The third-order valence-corrected chi connectivity index (χ3v) is 7.21. The van der Waals surface area contributed by atoms with Gasteiger partial charge < -0.3 is 10.6 Å². The Morgan fingerprint density at radius 3 is 2.41 bits per heavy atom. The summed E-state index contributed by atoms with van der Waals surface area (Å²) in [6.07, 6.45) is 2.55. The van der Waals surface area contributed by atoms with Crippen molar-refractivity contribution in [1.82, 2.24) is 14.9 Å². The first-order chi connectivity index (χ1) is 19.0. The monoisotopic (exact) mass is 513 g/mol. The minimum Gasteiger partial charge on any atom is -0.324 e. The Hall–Kier alpha value is -4.55. The normalized spacial score (nSPS) is 13.0. The quantitative estimate of drug-likeness (QED) is 0.230. The zero-order chi connectivity index (χ0) is 26.8. The van der Waals surface area contributed by atoms with E-state index < -0.39 is 0 Å². The van der Waals surface area contributed by atoms with Crippen LogP contribution in [0, 0.1) is 6.92 Å². The Labute approximate surface area is 228 Å². The number of rotatable bonds is 8. The first-order valence-corrected chi connectivity index (χ1v) is 13.3. The van der Waals surface area contributed by atoms with Gasteiger partial charge in [-0.3, -0.25) is 9.69 Å². The zero-order valence-corrected chi connectivity index (χ0v) is 22.2. The number of aryl methyl sites for hydroxylation is 1. The predicted molar refractivity (Wildman–Crippen MR) is 158 cm³/mol. The first-order valence-electron chi connectivity index (χ1n) is 13.3. The number of benzene rings is 4. The van der Waals surface area contributed by atoms with E-state index >= 15 is 0 Å². The maximum absolute atomic E-state index is 13.1. The molecule has 0 bridgehead atoms. The number of anilines is 3. The molecule has 4 aromatic carbocycles. The summed E-state index contributed by atoms with van der Waals surface area (Å²) in [5.41, 5.74) is 7.27. The number of aromatic nitrogens is 2. The number of amides is 1. The van der Waals surface area contributed by atoms with E-state index in [1.54, 1.807) is 0 Å². The molecule has 1 saturated carbocycles. The van der Waals surface area contributed by atoms with Gasteiger partial charge in [0.2, 0.25) is 5.95 Å². The molecule has 0 radical (unpaired) electrons. The van der Waals surface area contributed by atoms with Gasteiger partial charge >= 0.3 is 0 Å². The number of hydrogen-bond donors (Lipinski definition) is 2. The minimum absolute atomic E-state index is 0.134. The van der Waals surface area contributed by atoms with Crippen molar-refractivity contribution in [2.75, 3.05) is 17.7 Å². The first kappa shape index (κ1) is 24.8. The average Bonchev–Trinajstić information content (AvgIpc) is 3.81. The summed E-state index contributed by atoms with van der Waals surface area (Å²) in [6.45, 7) is 2.90. The van der Waals surface area contributed by atoms with E-state index in [4.69, 9.17) is 9.97 Å². The average molecular weight is 514 g/mol. The van der Waals surface area contributed by atoms with E-state index in [9.17, 15) is 4.79 Å². The molecule has 1 aliphatic rings. The Bertz CT molecular complexity index is 1630. The van der Waals surface area contributed by atoms with Crippen LogP contribution in [0.4, 0.5) is 17.3 Å². The summed E-state index contributed by atoms with van der Waals surface area (Å²) in [6, 6.07) is 32.5. The van der Waals surface area contributed by atoms with Crippen molar-refractivity contribution in [3.8, 4) is 11.3 Å². The lowest BCUT2D eigenvalue weighted by Gasteiger charge is -2.17. The van der Waals surface area contributed by atoms with E-state index in [1.807, 2.05) is 73.7 Å². The highest BCUT2D eigenvalue weighted by atomic mass is 16.1. The molecule has 6 heteroatoms. The molecule has 0 saturated heterocycles. The number of carbonyl (C=O) groups is 1. The maximum atomic E-state index is 13.1. The summed E-state index contributed by atoms with van der Waals surface area (Å²) in [5, 5.41) is 7.41. The number of nitrogens with one attached hydrogen (secondary N) is 2. The van der Waals surface area contributed by atoms with Crippen LogP contribution in [0.2, 0.25) is 0 Å². The Balaban J connectivity index is 1.18. The standard InChI is InChI=1S/C33H31N5O/c1-22-12-13-23(21-38(2)27-18-19-27)20-30(22)35-32(39)25-14-16-26(17-15-25)34-33-36-29-11-7-6-10-28(29)31(37-33)24-8-4-3-5-9-24/h3-17,20,27H,18-19,21H2,1-2H3,(H,35,39)(H,34,36,37). The second kappa shape index (κ2) is 10.7. The number of nitrogens with zero attached hydrogens (tertiary/aromatic N) is 3. The lowest BCUT2D eigenvalue weighted by atomic mass is 10.1. The minimum atomic E-state index is -0.134. The Morgan fingerprint density at radius 2 is 1.64 bits per heavy atom. The summed E-state index contributed by atoms with van der Waals surface area (Å²) in [4.78, 5) is 25.0. The van der Waals surface area contributed by atoms with Crippen LogP contribution >= 0.6 is 0 Å². The summed E-state index contributed by atoms with van der Waals surface area (Å²) in [5.74, 6) is 0.374. The molecule has 1 fully saturated rings. The topological polar surface area (TPSA) is 70.2 Å². The molecule has 6 rings (SSSR count). The van der Waals surface area contributed by atoms with E-state index in [0.29, 0.717) is 17.6 Å². The van der Waals surface area contributed by atoms with Crippen molar-refractivity contribution in [2.24, 2.45) is 0 Å². The van der Waals surface area contributed by atoms with Gasteiger partial charge in [0.15, 0.2) is 0 Å². The molecule has 5 aromatic rings. The van der Waals surface area contributed by atoms with Crippen molar-refractivity contribution in [3.05, 3.63) is 114 Å². The Morgan fingerprint density at radius 1 is 0.897 bits per heavy atom. The molecule has 1 aromatic heterocycles. The number of para-hydroxylation sites is 1. The van der Waals surface area contributed by atoms with Crippen LogP contribution in [0.3, 0.4) is 0 Å². The van der Waals surface area contributed by atoms with Crippen molar-refractivity contribution in [2.45, 2.75) is 32.4 Å². The van der Waals surface area contributed by atoms with Gasteiger partial charge in [-0.15, -0.1) is 0 Å². The fourth-order valence-electron chi connectivity index (χ4n) is 4.81. The van der Waals surface area contributed by atoms with Crippen molar-refractivity contribution in [3.63, 3.8) is 0 Å². The molecule has 0 spiro atoms. The fourth-order valence-corrected chi connectivity index (χ4v) is 4.81. The second-order valence-electron chi connectivity index (χ2n) is 10.2. The van der Waals surface area contributed by atoms with Gasteiger partial charge in [-0.2, -0.15) is 0 Å². The van der Waals surface area contributed by atoms with Gasteiger partial charge in [0.1, 0.15) is 0 Å². The van der Waals surface area contributed by atoms with Gasteiger partial charge in [-0.25, -0.2) is 9.97 Å². The molecule has 2 N–H and O–H groups in total. The molecule has 194 valence electrons. The molecule has 6 nitrogen and oxygen atoms in total. The zero-order valence-electron chi connectivity index (χ0n) is 22.2. The molecule has 1 heterocycles. The molecule has 1 aliphatic carbocycles. The van der Waals surface area contributed by atoms with Gasteiger partial charge in [-0.05, 0) is 74.3 Å². The third kappa shape index (κ3) is 5.66. The van der Waals surface area contributed by atoms with Crippen LogP contribution < -0.4 is 10.6 Å². The van der Waals surface area contributed by atoms with Crippen molar-refractivity contribution in [1.29, 1.82) is 0 Å². The summed E-state index contributed by atoms with van der Waals surface area (Å²) < 4.78 is 0. The highest BCUT2D eigenvalue weighted by Crippen LogP contribution is 2.29. The lowest BCUT2D eigenvalue weighted by Crippen LogP contribution is -2.20. The molecular weight excluding hydrogens is 482 g/mol. The number of carbonyl (C=O) groups excluding carboxylic acids is 1. The largest absolute Gasteiger partial charge is 0.324 e. The van der Waals surface area contributed by atoms with E-state index in [1.165, 1.54) is 18.4 Å². The molecule has 39 heavy (non-hydrogen) atoms. The fraction of sp³-hybridized carbons (Fsp3) is 0.182. The molecule has 0 aliphatic heterocycles. The molecular formula is C33H31N5O. The van der Waals surface area contributed by atoms with E-state index in [0.717, 1.165) is 45.6 Å². The van der Waals surface area contributed by atoms with Gasteiger partial charge in [0, 0.05) is 40.5 Å². The Kier molecular flexibility index (Phi) is 6.78. The van der Waals surface area contributed by atoms with Crippen LogP contribution in [0.5, 0.6) is 0 Å². The highest BCUT2D eigenvalue weighted by Gasteiger charge is 2.26. The predicted octanol–water partition coefficient (Wildman–Crippen LogP) is 7.20. The van der Waals surface area contributed by atoms with Crippen LogP contribution in [-0.4, -0.2) is 33.9 Å². The number of hydrogen-bond acceptors (Lipinski definition) is 5. The van der Waals surface area contributed by atoms with E-state index in [2.05, 4.69) is 52.9 Å². The van der Waals surface area contributed by atoms with Crippen LogP contribution in [0.15, 0.2) is 97.1 Å².